The Morgan fingerprint density at radius 2 is 2.18 bits per heavy atom. The molecule has 0 saturated carbocycles. The van der Waals surface area contributed by atoms with Gasteiger partial charge in [0.2, 0.25) is 0 Å². The molecule has 0 N–H and O–H groups in total. The minimum absolute atomic E-state index is 0.0193. The van der Waals surface area contributed by atoms with E-state index in [1.807, 2.05) is 20.8 Å². The molecule has 1 atom stereocenters. The molecule has 0 aliphatic carbocycles. The molecule has 0 aromatic heterocycles. The van der Waals surface area contributed by atoms with Gasteiger partial charge in [-0.05, 0) is 32.9 Å². The molecule has 1 amide bonds. The van der Waals surface area contributed by atoms with Crippen molar-refractivity contribution in [2.75, 3.05) is 13.1 Å². The van der Waals surface area contributed by atoms with Crippen LogP contribution in [0.3, 0.4) is 0 Å². The number of hydrogen-bond acceptors (Lipinski definition) is 4. The van der Waals surface area contributed by atoms with Gasteiger partial charge in [0.25, 0.3) is 0 Å². The molecule has 6 heteroatoms. The Labute approximate surface area is 129 Å². The lowest BCUT2D eigenvalue weighted by molar-refractivity contribution is 0.0275. The fourth-order valence-corrected chi connectivity index (χ4v) is 2.17. The van der Waals surface area contributed by atoms with E-state index in [4.69, 9.17) is 14.7 Å². The number of ether oxygens (including phenoxy) is 2. The Kier molecular flexibility index (Phi) is 4.55. The largest absolute Gasteiger partial charge is 0.488 e. The third-order valence-corrected chi connectivity index (χ3v) is 3.16. The number of carbonyl (C=O) groups is 1. The minimum atomic E-state index is -0.609. The van der Waals surface area contributed by atoms with Gasteiger partial charge in [0.15, 0.2) is 0 Å². The molecule has 0 spiro atoms. The van der Waals surface area contributed by atoms with Crippen molar-refractivity contribution in [3.05, 3.63) is 29.6 Å². The summed E-state index contributed by atoms with van der Waals surface area (Å²) in [5.41, 5.74) is -0.555. The molecule has 1 unspecified atom stereocenters. The molecule has 22 heavy (non-hydrogen) atoms. The highest BCUT2D eigenvalue weighted by Crippen LogP contribution is 2.22. The number of nitriles is 1. The standard InChI is InChI=1S/C16H19FN2O3/c1-16(2,3)22-15(20)19-7-6-13(10-19)21-12-5-4-11(9-18)14(17)8-12/h4-5,8,13H,6-7,10H2,1-3H3. The number of hydrogen-bond donors (Lipinski definition) is 0. The lowest BCUT2D eigenvalue weighted by Gasteiger charge is -2.24. The fraction of sp³-hybridized carbons (Fsp3) is 0.500. The number of amides is 1. The van der Waals surface area contributed by atoms with Crippen molar-refractivity contribution in [1.82, 2.24) is 4.90 Å². The van der Waals surface area contributed by atoms with Crippen LogP contribution in [0.2, 0.25) is 0 Å². The zero-order chi connectivity index (χ0) is 16.3. The number of benzene rings is 1. The first kappa shape index (κ1) is 16.1. The number of likely N-dealkylation sites (tertiary alicyclic amines) is 1. The lowest BCUT2D eigenvalue weighted by Crippen LogP contribution is -2.36. The summed E-state index contributed by atoms with van der Waals surface area (Å²) in [5, 5.41) is 8.69. The maximum absolute atomic E-state index is 13.5. The molecule has 1 aliphatic rings. The molecule has 1 saturated heterocycles. The van der Waals surface area contributed by atoms with E-state index in [1.165, 1.54) is 12.1 Å². The Morgan fingerprint density at radius 3 is 2.77 bits per heavy atom. The summed E-state index contributed by atoms with van der Waals surface area (Å²) in [6.07, 6.45) is 0.0744. The van der Waals surface area contributed by atoms with Crippen LogP contribution in [0.25, 0.3) is 0 Å². The van der Waals surface area contributed by atoms with E-state index in [-0.39, 0.29) is 17.8 Å². The first-order chi connectivity index (χ1) is 10.3. The molecule has 1 fully saturated rings. The predicted molar refractivity (Wildman–Crippen MR) is 78.0 cm³/mol. The van der Waals surface area contributed by atoms with Gasteiger partial charge >= 0.3 is 6.09 Å². The average Bonchev–Trinajstić information content (AvgIpc) is 2.85. The Bertz CT molecular complexity index is 604. The maximum Gasteiger partial charge on any atom is 0.410 e. The first-order valence-electron chi connectivity index (χ1n) is 7.13. The second-order valence-electron chi connectivity index (χ2n) is 6.21. The zero-order valence-corrected chi connectivity index (χ0v) is 12.9. The third kappa shape index (κ3) is 4.10. The van der Waals surface area contributed by atoms with E-state index in [1.54, 1.807) is 17.0 Å². The van der Waals surface area contributed by atoms with Crippen LogP contribution < -0.4 is 4.74 Å². The van der Waals surface area contributed by atoms with E-state index in [2.05, 4.69) is 0 Å². The van der Waals surface area contributed by atoms with Crippen LogP contribution in [0.15, 0.2) is 18.2 Å². The summed E-state index contributed by atoms with van der Waals surface area (Å²) in [4.78, 5) is 13.5. The van der Waals surface area contributed by atoms with Gasteiger partial charge in [-0.2, -0.15) is 5.26 Å². The summed E-state index contributed by atoms with van der Waals surface area (Å²) < 4.78 is 24.5. The molecule has 2 rings (SSSR count). The minimum Gasteiger partial charge on any atom is -0.488 e. The molecule has 0 bridgehead atoms. The summed E-state index contributed by atoms with van der Waals surface area (Å²) in [6.45, 7) is 6.38. The highest BCUT2D eigenvalue weighted by atomic mass is 19.1. The van der Waals surface area contributed by atoms with Gasteiger partial charge in [-0.1, -0.05) is 0 Å². The second kappa shape index (κ2) is 6.22. The normalized spacial score (nSPS) is 18.0. The maximum atomic E-state index is 13.5. The van der Waals surface area contributed by atoms with Crippen molar-refractivity contribution in [3.63, 3.8) is 0 Å². The molecule has 5 nitrogen and oxygen atoms in total. The first-order valence-corrected chi connectivity index (χ1v) is 7.13. The Hall–Kier alpha value is -2.29. The SMILES string of the molecule is CC(C)(C)OC(=O)N1CCC(Oc2ccc(C#N)c(F)c2)C1. The highest BCUT2D eigenvalue weighted by molar-refractivity contribution is 5.68. The van der Waals surface area contributed by atoms with Gasteiger partial charge in [0, 0.05) is 19.0 Å². The summed E-state index contributed by atoms with van der Waals surface area (Å²) in [7, 11) is 0. The molecule has 1 aromatic rings. The van der Waals surface area contributed by atoms with Gasteiger partial charge in [-0.25, -0.2) is 9.18 Å². The van der Waals surface area contributed by atoms with Crippen molar-refractivity contribution < 1.29 is 18.7 Å². The second-order valence-corrected chi connectivity index (χ2v) is 6.21. The molecule has 1 aromatic carbocycles. The summed E-state index contributed by atoms with van der Waals surface area (Å²) in [5.74, 6) is -0.255. The van der Waals surface area contributed by atoms with E-state index < -0.39 is 11.4 Å². The third-order valence-electron chi connectivity index (χ3n) is 3.16. The molecular formula is C16H19FN2O3. The molecule has 0 radical (unpaired) electrons. The smallest absolute Gasteiger partial charge is 0.410 e. The number of nitrogens with zero attached hydrogens (tertiary/aromatic N) is 2. The summed E-state index contributed by atoms with van der Waals surface area (Å²) >= 11 is 0. The van der Waals surface area contributed by atoms with Crippen molar-refractivity contribution in [1.29, 1.82) is 5.26 Å². The van der Waals surface area contributed by atoms with E-state index in [9.17, 15) is 9.18 Å². The van der Waals surface area contributed by atoms with Crippen molar-refractivity contribution >= 4 is 6.09 Å². The molecule has 1 aliphatic heterocycles. The van der Waals surface area contributed by atoms with Gasteiger partial charge < -0.3 is 14.4 Å². The number of halogens is 1. The Morgan fingerprint density at radius 1 is 1.45 bits per heavy atom. The molecule has 118 valence electrons. The van der Waals surface area contributed by atoms with E-state index in [0.29, 0.717) is 25.3 Å². The topological polar surface area (TPSA) is 62.6 Å². The zero-order valence-electron chi connectivity index (χ0n) is 12.9. The average molecular weight is 306 g/mol. The van der Waals surface area contributed by atoms with E-state index in [0.717, 1.165) is 0 Å². The van der Waals surface area contributed by atoms with Crippen LogP contribution in [-0.2, 0) is 4.74 Å². The van der Waals surface area contributed by atoms with Gasteiger partial charge in [0.05, 0.1) is 12.1 Å². The van der Waals surface area contributed by atoms with Crippen LogP contribution in [0, 0.1) is 17.1 Å². The number of carbonyl (C=O) groups excluding carboxylic acids is 1. The van der Waals surface area contributed by atoms with Gasteiger partial charge in [-0.3, -0.25) is 0 Å². The predicted octanol–water partition coefficient (Wildman–Crippen LogP) is 3.09. The van der Waals surface area contributed by atoms with Crippen molar-refractivity contribution in [3.8, 4) is 11.8 Å². The quantitative estimate of drug-likeness (QED) is 0.842. The molecular weight excluding hydrogens is 287 g/mol. The molecule has 1 heterocycles. The summed E-state index contributed by atoms with van der Waals surface area (Å²) in [6, 6.07) is 5.88. The monoisotopic (exact) mass is 306 g/mol. The van der Waals surface area contributed by atoms with Crippen molar-refractivity contribution in [2.45, 2.75) is 38.9 Å². The van der Waals surface area contributed by atoms with Gasteiger partial charge in [-0.15, -0.1) is 0 Å². The van der Waals surface area contributed by atoms with Gasteiger partial charge in [0.1, 0.15) is 29.3 Å². The lowest BCUT2D eigenvalue weighted by atomic mass is 10.2. The van der Waals surface area contributed by atoms with Crippen LogP contribution in [-0.4, -0.2) is 35.8 Å². The fourth-order valence-electron chi connectivity index (χ4n) is 2.17. The van der Waals surface area contributed by atoms with Crippen LogP contribution in [0.1, 0.15) is 32.8 Å². The number of rotatable bonds is 2. The van der Waals surface area contributed by atoms with Crippen LogP contribution in [0.5, 0.6) is 5.75 Å². The van der Waals surface area contributed by atoms with Crippen LogP contribution >= 0.6 is 0 Å². The highest BCUT2D eigenvalue weighted by Gasteiger charge is 2.30. The van der Waals surface area contributed by atoms with Crippen molar-refractivity contribution in [2.24, 2.45) is 0 Å². The van der Waals surface area contributed by atoms with Crippen LogP contribution in [0.4, 0.5) is 9.18 Å². The Balaban J connectivity index is 1.93. The van der Waals surface area contributed by atoms with E-state index >= 15 is 0 Å².